The third-order valence-electron chi connectivity index (χ3n) is 2.11. The number of rotatable bonds is 6. The monoisotopic (exact) mass is 243 g/mol. The highest BCUT2D eigenvalue weighted by Crippen LogP contribution is 2.17. The van der Waals surface area contributed by atoms with Crippen LogP contribution >= 0.6 is 0 Å². The highest BCUT2D eigenvalue weighted by Gasteiger charge is 2.13. The standard InChI is InChI=1S/C11H17NO3S/c1-2-15-10-4-6-11(7-5-10)16(13,14)9-3-8-12/h4-7H,2-3,8-9,12H2,1H3. The maximum absolute atomic E-state index is 11.8. The lowest BCUT2D eigenvalue weighted by Crippen LogP contribution is -2.11. The van der Waals surface area contributed by atoms with Crippen LogP contribution in [0.5, 0.6) is 5.75 Å². The van der Waals surface area contributed by atoms with E-state index in [1.54, 1.807) is 24.3 Å². The molecule has 0 aliphatic heterocycles. The van der Waals surface area contributed by atoms with Gasteiger partial charge in [-0.2, -0.15) is 0 Å². The van der Waals surface area contributed by atoms with Crippen molar-refractivity contribution in [3.05, 3.63) is 24.3 Å². The summed E-state index contributed by atoms with van der Waals surface area (Å²) in [4.78, 5) is 0.324. The Balaban J connectivity index is 2.80. The van der Waals surface area contributed by atoms with E-state index >= 15 is 0 Å². The lowest BCUT2D eigenvalue weighted by molar-refractivity contribution is 0.340. The maximum atomic E-state index is 11.8. The smallest absolute Gasteiger partial charge is 0.178 e. The van der Waals surface area contributed by atoms with E-state index in [9.17, 15) is 8.42 Å². The number of nitrogens with two attached hydrogens (primary N) is 1. The summed E-state index contributed by atoms with van der Waals surface area (Å²) in [5.74, 6) is 0.776. The van der Waals surface area contributed by atoms with Crippen LogP contribution in [0.15, 0.2) is 29.2 Å². The Hall–Kier alpha value is -1.07. The Bertz CT molecular complexity index is 411. The predicted molar refractivity (Wildman–Crippen MR) is 63.3 cm³/mol. The van der Waals surface area contributed by atoms with Crippen molar-refractivity contribution >= 4 is 9.84 Å². The molecule has 0 spiro atoms. The second kappa shape index (κ2) is 5.86. The van der Waals surface area contributed by atoms with Crippen molar-refractivity contribution in [1.29, 1.82) is 0 Å². The number of hydrogen-bond acceptors (Lipinski definition) is 4. The van der Waals surface area contributed by atoms with E-state index in [0.29, 0.717) is 30.2 Å². The molecule has 2 N–H and O–H groups in total. The van der Waals surface area contributed by atoms with Crippen molar-refractivity contribution in [2.75, 3.05) is 18.9 Å². The van der Waals surface area contributed by atoms with E-state index in [1.165, 1.54) is 0 Å². The third-order valence-corrected chi connectivity index (χ3v) is 3.93. The van der Waals surface area contributed by atoms with Gasteiger partial charge in [-0.05, 0) is 44.2 Å². The van der Waals surface area contributed by atoms with Gasteiger partial charge in [0.1, 0.15) is 5.75 Å². The molecular weight excluding hydrogens is 226 g/mol. The Kier molecular flexibility index (Phi) is 4.76. The van der Waals surface area contributed by atoms with Crippen LogP contribution in [-0.2, 0) is 9.84 Å². The molecule has 0 bridgehead atoms. The highest BCUT2D eigenvalue weighted by atomic mass is 32.2. The van der Waals surface area contributed by atoms with Gasteiger partial charge in [0.15, 0.2) is 9.84 Å². The zero-order valence-corrected chi connectivity index (χ0v) is 10.2. The molecule has 0 unspecified atom stereocenters. The predicted octanol–water partition coefficient (Wildman–Crippen LogP) is 1.21. The van der Waals surface area contributed by atoms with E-state index in [4.69, 9.17) is 10.5 Å². The van der Waals surface area contributed by atoms with Crippen LogP contribution in [0.3, 0.4) is 0 Å². The minimum Gasteiger partial charge on any atom is -0.494 e. The molecule has 90 valence electrons. The van der Waals surface area contributed by atoms with Gasteiger partial charge in [0.25, 0.3) is 0 Å². The second-order valence-electron chi connectivity index (χ2n) is 3.37. The van der Waals surface area contributed by atoms with E-state index in [0.717, 1.165) is 0 Å². The minimum absolute atomic E-state index is 0.0947. The van der Waals surface area contributed by atoms with Crippen molar-refractivity contribution in [2.24, 2.45) is 5.73 Å². The quantitative estimate of drug-likeness (QED) is 0.815. The Morgan fingerprint density at radius 2 is 1.88 bits per heavy atom. The first-order valence-electron chi connectivity index (χ1n) is 5.26. The minimum atomic E-state index is -3.19. The SMILES string of the molecule is CCOc1ccc(S(=O)(=O)CCCN)cc1. The number of benzene rings is 1. The van der Waals surface area contributed by atoms with Crippen LogP contribution < -0.4 is 10.5 Å². The van der Waals surface area contributed by atoms with Gasteiger partial charge in [-0.15, -0.1) is 0 Å². The summed E-state index contributed by atoms with van der Waals surface area (Å²) in [6, 6.07) is 6.46. The molecule has 0 radical (unpaired) electrons. The lowest BCUT2D eigenvalue weighted by atomic mass is 10.3. The Labute approximate surface area is 96.3 Å². The average molecular weight is 243 g/mol. The zero-order valence-electron chi connectivity index (χ0n) is 9.35. The fourth-order valence-corrected chi connectivity index (χ4v) is 2.63. The Morgan fingerprint density at radius 1 is 1.25 bits per heavy atom. The lowest BCUT2D eigenvalue weighted by Gasteiger charge is -2.05. The van der Waals surface area contributed by atoms with Gasteiger partial charge >= 0.3 is 0 Å². The van der Waals surface area contributed by atoms with Gasteiger partial charge in [0.05, 0.1) is 17.3 Å². The molecule has 1 rings (SSSR count). The average Bonchev–Trinajstić information content (AvgIpc) is 2.28. The van der Waals surface area contributed by atoms with Gasteiger partial charge in [0.2, 0.25) is 0 Å². The number of hydrogen-bond donors (Lipinski definition) is 1. The molecule has 0 saturated carbocycles. The topological polar surface area (TPSA) is 69.4 Å². The van der Waals surface area contributed by atoms with Gasteiger partial charge in [-0.1, -0.05) is 0 Å². The molecule has 1 aromatic carbocycles. The van der Waals surface area contributed by atoms with Crippen molar-refractivity contribution in [1.82, 2.24) is 0 Å². The van der Waals surface area contributed by atoms with Gasteiger partial charge in [-0.25, -0.2) is 8.42 Å². The summed E-state index contributed by atoms with van der Waals surface area (Å²) in [7, 11) is -3.19. The van der Waals surface area contributed by atoms with Crippen molar-refractivity contribution < 1.29 is 13.2 Å². The van der Waals surface area contributed by atoms with Crippen LogP contribution in [-0.4, -0.2) is 27.3 Å². The molecule has 0 atom stereocenters. The molecule has 0 heterocycles. The van der Waals surface area contributed by atoms with Crippen LogP contribution in [0, 0.1) is 0 Å². The summed E-state index contributed by atoms with van der Waals surface area (Å²) < 4.78 is 28.8. The molecule has 0 aromatic heterocycles. The molecular formula is C11H17NO3S. The van der Waals surface area contributed by atoms with Crippen LogP contribution in [0.25, 0.3) is 0 Å². The highest BCUT2D eigenvalue weighted by molar-refractivity contribution is 7.91. The van der Waals surface area contributed by atoms with E-state index in [2.05, 4.69) is 0 Å². The summed E-state index contributed by atoms with van der Waals surface area (Å²) in [5.41, 5.74) is 5.29. The molecule has 0 amide bonds. The fourth-order valence-electron chi connectivity index (χ4n) is 1.30. The number of sulfone groups is 1. The summed E-state index contributed by atoms with van der Waals surface area (Å²) in [6.07, 6.45) is 0.482. The normalized spacial score (nSPS) is 11.4. The molecule has 0 aliphatic rings. The van der Waals surface area contributed by atoms with Gasteiger partial charge in [-0.3, -0.25) is 0 Å². The first-order chi connectivity index (χ1) is 7.60. The zero-order chi connectivity index (χ0) is 12.0. The third kappa shape index (κ3) is 3.50. The van der Waals surface area contributed by atoms with Crippen LogP contribution in [0.2, 0.25) is 0 Å². The van der Waals surface area contributed by atoms with Crippen molar-refractivity contribution in [3.63, 3.8) is 0 Å². The molecule has 5 heteroatoms. The van der Waals surface area contributed by atoms with E-state index < -0.39 is 9.84 Å². The molecule has 0 aliphatic carbocycles. The van der Waals surface area contributed by atoms with Crippen molar-refractivity contribution in [3.8, 4) is 5.75 Å². The molecule has 1 aromatic rings. The van der Waals surface area contributed by atoms with Crippen LogP contribution in [0.1, 0.15) is 13.3 Å². The molecule has 0 fully saturated rings. The first kappa shape index (κ1) is 13.0. The fraction of sp³-hybridized carbons (Fsp3) is 0.455. The maximum Gasteiger partial charge on any atom is 0.178 e. The van der Waals surface area contributed by atoms with Crippen molar-refractivity contribution in [2.45, 2.75) is 18.2 Å². The summed E-state index contributed by atoms with van der Waals surface area (Å²) >= 11 is 0. The van der Waals surface area contributed by atoms with Gasteiger partial charge < -0.3 is 10.5 Å². The van der Waals surface area contributed by atoms with E-state index in [-0.39, 0.29) is 5.75 Å². The van der Waals surface area contributed by atoms with Gasteiger partial charge in [0, 0.05) is 0 Å². The molecule has 0 saturated heterocycles. The van der Waals surface area contributed by atoms with E-state index in [1.807, 2.05) is 6.92 Å². The summed E-state index contributed by atoms with van der Waals surface area (Å²) in [5, 5.41) is 0. The summed E-state index contributed by atoms with van der Waals surface area (Å²) in [6.45, 7) is 2.83. The van der Waals surface area contributed by atoms with Crippen LogP contribution in [0.4, 0.5) is 0 Å². The molecule has 16 heavy (non-hydrogen) atoms. The largest absolute Gasteiger partial charge is 0.494 e. The molecule has 4 nitrogen and oxygen atoms in total. The number of ether oxygens (including phenoxy) is 1. The second-order valence-corrected chi connectivity index (χ2v) is 5.47. The Morgan fingerprint density at radius 3 is 2.38 bits per heavy atom. The first-order valence-corrected chi connectivity index (χ1v) is 6.91.